The van der Waals surface area contributed by atoms with E-state index in [4.69, 9.17) is 5.73 Å². The first kappa shape index (κ1) is 14.8. The van der Waals surface area contributed by atoms with Crippen LogP contribution in [0.2, 0.25) is 0 Å². The second-order valence-electron chi connectivity index (χ2n) is 5.13. The van der Waals surface area contributed by atoms with Crippen LogP contribution in [0, 0.1) is 19.8 Å². The minimum atomic E-state index is -3.31. The fourth-order valence-corrected chi connectivity index (χ4v) is 2.93. The van der Waals surface area contributed by atoms with Crippen molar-refractivity contribution in [1.82, 2.24) is 0 Å². The SMILES string of the molecule is Cc1cc(N)c(NS(=O)(=O)CCC(C)C)cc1C. The molecule has 0 heterocycles. The number of nitrogen functional groups attached to an aromatic ring is 1. The second kappa shape index (κ2) is 5.61. The van der Waals surface area contributed by atoms with Crippen LogP contribution in [-0.4, -0.2) is 14.2 Å². The maximum absolute atomic E-state index is 11.9. The zero-order valence-corrected chi connectivity index (χ0v) is 12.3. The summed E-state index contributed by atoms with van der Waals surface area (Å²) in [5.74, 6) is 0.482. The van der Waals surface area contributed by atoms with Crippen molar-refractivity contribution in [2.45, 2.75) is 34.1 Å². The highest BCUT2D eigenvalue weighted by Crippen LogP contribution is 2.24. The van der Waals surface area contributed by atoms with Gasteiger partial charge in [0, 0.05) is 0 Å². The van der Waals surface area contributed by atoms with Gasteiger partial charge >= 0.3 is 0 Å². The van der Waals surface area contributed by atoms with Crippen molar-refractivity contribution in [3.8, 4) is 0 Å². The van der Waals surface area contributed by atoms with E-state index < -0.39 is 10.0 Å². The summed E-state index contributed by atoms with van der Waals surface area (Å²) >= 11 is 0. The van der Waals surface area contributed by atoms with Crippen molar-refractivity contribution < 1.29 is 8.42 Å². The normalized spacial score (nSPS) is 11.8. The largest absolute Gasteiger partial charge is 0.397 e. The minimum Gasteiger partial charge on any atom is -0.397 e. The number of rotatable bonds is 5. The first-order valence-corrected chi connectivity index (χ1v) is 7.73. The van der Waals surface area contributed by atoms with Gasteiger partial charge in [-0.25, -0.2) is 8.42 Å². The van der Waals surface area contributed by atoms with Gasteiger partial charge in [-0.1, -0.05) is 13.8 Å². The Labute approximate surface area is 110 Å². The van der Waals surface area contributed by atoms with Crippen LogP contribution in [0.5, 0.6) is 0 Å². The second-order valence-corrected chi connectivity index (χ2v) is 6.97. The van der Waals surface area contributed by atoms with Crippen LogP contribution >= 0.6 is 0 Å². The van der Waals surface area contributed by atoms with Crippen molar-refractivity contribution in [1.29, 1.82) is 0 Å². The third-order valence-corrected chi connectivity index (χ3v) is 4.20. The lowest BCUT2D eigenvalue weighted by molar-refractivity contribution is 0.578. The molecule has 0 aromatic heterocycles. The molecule has 0 spiro atoms. The maximum Gasteiger partial charge on any atom is 0.232 e. The third kappa shape index (κ3) is 4.22. The Hall–Kier alpha value is -1.23. The van der Waals surface area contributed by atoms with Gasteiger partial charge in [-0.3, -0.25) is 4.72 Å². The summed E-state index contributed by atoms with van der Waals surface area (Å²) in [6, 6.07) is 3.56. The predicted octanol–water partition coefficient (Wildman–Crippen LogP) is 2.67. The van der Waals surface area contributed by atoms with E-state index in [2.05, 4.69) is 4.72 Å². The summed E-state index contributed by atoms with van der Waals surface area (Å²) in [7, 11) is -3.31. The fourth-order valence-electron chi connectivity index (χ4n) is 1.54. The van der Waals surface area contributed by atoms with Gasteiger partial charge in [0.15, 0.2) is 0 Å². The highest BCUT2D eigenvalue weighted by Gasteiger charge is 2.13. The minimum absolute atomic E-state index is 0.122. The van der Waals surface area contributed by atoms with Crippen LogP contribution in [0.15, 0.2) is 12.1 Å². The highest BCUT2D eigenvalue weighted by atomic mass is 32.2. The molecule has 0 saturated carbocycles. The zero-order valence-electron chi connectivity index (χ0n) is 11.4. The van der Waals surface area contributed by atoms with E-state index in [0.29, 0.717) is 23.7 Å². The van der Waals surface area contributed by atoms with E-state index in [1.807, 2.05) is 27.7 Å². The van der Waals surface area contributed by atoms with E-state index in [0.717, 1.165) is 11.1 Å². The first-order valence-electron chi connectivity index (χ1n) is 6.08. The average molecular weight is 270 g/mol. The molecule has 0 amide bonds. The third-order valence-electron chi connectivity index (χ3n) is 2.90. The molecular weight excluding hydrogens is 248 g/mol. The van der Waals surface area contributed by atoms with Gasteiger partial charge in [0.2, 0.25) is 10.0 Å². The summed E-state index contributed by atoms with van der Waals surface area (Å²) in [6.07, 6.45) is 0.639. The molecule has 0 aliphatic carbocycles. The Bertz CT molecular complexity index is 522. The van der Waals surface area contributed by atoms with E-state index in [1.54, 1.807) is 12.1 Å². The molecule has 1 rings (SSSR count). The van der Waals surface area contributed by atoms with Gasteiger partial charge in [-0.05, 0) is 49.4 Å². The lowest BCUT2D eigenvalue weighted by atomic mass is 10.1. The van der Waals surface area contributed by atoms with Gasteiger partial charge in [0.05, 0.1) is 17.1 Å². The van der Waals surface area contributed by atoms with Gasteiger partial charge < -0.3 is 5.73 Å². The van der Waals surface area contributed by atoms with E-state index in [9.17, 15) is 8.42 Å². The monoisotopic (exact) mass is 270 g/mol. The number of aryl methyl sites for hydroxylation is 2. The Morgan fingerprint density at radius 1 is 1.22 bits per heavy atom. The number of nitrogens with one attached hydrogen (secondary N) is 1. The van der Waals surface area contributed by atoms with E-state index in [-0.39, 0.29) is 5.75 Å². The molecule has 0 bridgehead atoms. The molecule has 1 aromatic carbocycles. The number of benzene rings is 1. The Kier molecular flexibility index (Phi) is 4.62. The summed E-state index contributed by atoms with van der Waals surface area (Å²) in [4.78, 5) is 0. The molecule has 0 unspecified atom stereocenters. The molecule has 0 aliphatic rings. The quantitative estimate of drug-likeness (QED) is 0.808. The average Bonchev–Trinajstić information content (AvgIpc) is 2.23. The molecule has 0 fully saturated rings. The summed E-state index contributed by atoms with van der Waals surface area (Å²) < 4.78 is 26.3. The first-order chi connectivity index (χ1) is 8.21. The van der Waals surface area contributed by atoms with Crippen molar-refractivity contribution in [2.24, 2.45) is 5.92 Å². The number of hydrogen-bond donors (Lipinski definition) is 2. The fraction of sp³-hybridized carbons (Fsp3) is 0.538. The summed E-state index contributed by atoms with van der Waals surface area (Å²) in [5.41, 5.74) is 8.84. The molecule has 4 nitrogen and oxygen atoms in total. The topological polar surface area (TPSA) is 72.2 Å². The van der Waals surface area contributed by atoms with Gasteiger partial charge in [0.1, 0.15) is 0 Å². The van der Waals surface area contributed by atoms with Crippen molar-refractivity contribution in [3.05, 3.63) is 23.3 Å². The lowest BCUT2D eigenvalue weighted by Crippen LogP contribution is -2.18. The molecule has 0 atom stereocenters. The standard InChI is InChI=1S/C13H22N2O2S/c1-9(2)5-6-18(16,17)15-13-8-11(4)10(3)7-12(13)14/h7-9,15H,5-6,14H2,1-4H3. The van der Waals surface area contributed by atoms with Crippen LogP contribution in [0.3, 0.4) is 0 Å². The predicted molar refractivity (Wildman–Crippen MR) is 77.2 cm³/mol. The molecule has 5 heteroatoms. The smallest absolute Gasteiger partial charge is 0.232 e. The van der Waals surface area contributed by atoms with Crippen LogP contribution in [0.1, 0.15) is 31.4 Å². The van der Waals surface area contributed by atoms with Crippen molar-refractivity contribution in [3.63, 3.8) is 0 Å². The molecule has 18 heavy (non-hydrogen) atoms. The number of nitrogens with two attached hydrogens (primary N) is 1. The number of hydrogen-bond acceptors (Lipinski definition) is 3. The Morgan fingerprint density at radius 2 is 1.78 bits per heavy atom. The molecule has 102 valence electrons. The zero-order chi connectivity index (χ0) is 13.9. The number of sulfonamides is 1. The molecule has 0 aliphatic heterocycles. The summed E-state index contributed by atoms with van der Waals surface area (Å²) in [6.45, 7) is 7.88. The van der Waals surface area contributed by atoms with Gasteiger partial charge in [0.25, 0.3) is 0 Å². The molecule has 0 saturated heterocycles. The van der Waals surface area contributed by atoms with Crippen LogP contribution in [0.4, 0.5) is 11.4 Å². The Morgan fingerprint density at radius 3 is 2.33 bits per heavy atom. The molecule has 3 N–H and O–H groups in total. The lowest BCUT2D eigenvalue weighted by Gasteiger charge is -2.13. The molecule has 0 radical (unpaired) electrons. The maximum atomic E-state index is 11.9. The summed E-state index contributed by atoms with van der Waals surface area (Å²) in [5, 5.41) is 0. The highest BCUT2D eigenvalue weighted by molar-refractivity contribution is 7.92. The number of anilines is 2. The van der Waals surface area contributed by atoms with E-state index in [1.165, 1.54) is 0 Å². The Balaban J connectivity index is 2.87. The van der Waals surface area contributed by atoms with Crippen molar-refractivity contribution >= 4 is 21.4 Å². The van der Waals surface area contributed by atoms with Crippen LogP contribution in [0.25, 0.3) is 0 Å². The van der Waals surface area contributed by atoms with Crippen molar-refractivity contribution in [2.75, 3.05) is 16.2 Å². The van der Waals surface area contributed by atoms with Gasteiger partial charge in [-0.15, -0.1) is 0 Å². The molecular formula is C13H22N2O2S. The molecule has 1 aromatic rings. The van der Waals surface area contributed by atoms with Crippen LogP contribution in [-0.2, 0) is 10.0 Å². The van der Waals surface area contributed by atoms with Crippen LogP contribution < -0.4 is 10.5 Å². The van der Waals surface area contributed by atoms with Gasteiger partial charge in [-0.2, -0.15) is 0 Å². The van der Waals surface area contributed by atoms with E-state index >= 15 is 0 Å².